The first-order valence-corrected chi connectivity index (χ1v) is 11.1. The van der Waals surface area contributed by atoms with Crippen molar-refractivity contribution in [2.75, 3.05) is 11.5 Å². The van der Waals surface area contributed by atoms with E-state index in [1.54, 1.807) is 31.2 Å². The number of hydrogen-bond acceptors (Lipinski definition) is 7. The fourth-order valence-electron chi connectivity index (χ4n) is 4.01. The number of carbonyl (C=O) groups is 3. The third-order valence-corrected chi connectivity index (χ3v) is 8.25. The molecule has 2 aliphatic heterocycles. The van der Waals surface area contributed by atoms with E-state index in [0.29, 0.717) is 22.7 Å². The van der Waals surface area contributed by atoms with Crippen LogP contribution in [0.25, 0.3) is 0 Å². The lowest BCUT2D eigenvalue weighted by Gasteiger charge is -2.38. The zero-order valence-corrected chi connectivity index (χ0v) is 17.8. The summed E-state index contributed by atoms with van der Waals surface area (Å²) in [7, 11) is 0. The summed E-state index contributed by atoms with van der Waals surface area (Å²) in [6.07, 6.45) is 0.629. The van der Waals surface area contributed by atoms with Crippen LogP contribution in [0.3, 0.4) is 0 Å². The highest BCUT2D eigenvalue weighted by atomic mass is 32.2. The summed E-state index contributed by atoms with van der Waals surface area (Å²) in [4.78, 5) is 55.0. The van der Waals surface area contributed by atoms with E-state index in [1.165, 1.54) is 16.7 Å². The molecule has 0 bridgehead atoms. The quantitative estimate of drug-likeness (QED) is 0.589. The predicted octanol–water partition coefficient (Wildman–Crippen LogP) is 2.94. The number of thiazole rings is 1. The minimum absolute atomic E-state index is 0.173. The van der Waals surface area contributed by atoms with Gasteiger partial charge >= 0.3 is 10.8 Å². The Labute approximate surface area is 175 Å². The molecule has 1 fully saturated rings. The second-order valence-electron chi connectivity index (χ2n) is 7.24. The molecule has 0 radical (unpaired) electrons. The lowest BCUT2D eigenvalue weighted by molar-refractivity contribution is -0.123. The summed E-state index contributed by atoms with van der Waals surface area (Å²) >= 11 is 2.38. The van der Waals surface area contributed by atoms with Gasteiger partial charge in [-0.2, -0.15) is 0 Å². The Morgan fingerprint density at radius 3 is 2.48 bits per heavy atom. The molecule has 4 rings (SSSR count). The Morgan fingerprint density at radius 1 is 1.17 bits per heavy atom. The molecule has 1 N–H and O–H groups in total. The van der Waals surface area contributed by atoms with Crippen molar-refractivity contribution in [3.8, 4) is 0 Å². The van der Waals surface area contributed by atoms with Crippen LogP contribution < -0.4 is 9.77 Å². The molecule has 29 heavy (non-hydrogen) atoms. The molecule has 1 saturated heterocycles. The van der Waals surface area contributed by atoms with Crippen LogP contribution in [-0.2, 0) is 19.7 Å². The minimum Gasteiger partial charge on any atom is -0.462 e. The summed E-state index contributed by atoms with van der Waals surface area (Å²) in [5.41, 5.74) is 0.194. The van der Waals surface area contributed by atoms with E-state index in [1.807, 2.05) is 13.8 Å². The maximum absolute atomic E-state index is 13.4. The van der Waals surface area contributed by atoms with Crippen molar-refractivity contribution in [1.29, 1.82) is 0 Å². The number of esters is 1. The molecule has 0 saturated carbocycles. The van der Waals surface area contributed by atoms with Crippen molar-refractivity contribution in [3.05, 3.63) is 44.4 Å². The van der Waals surface area contributed by atoms with E-state index in [4.69, 9.17) is 4.74 Å². The van der Waals surface area contributed by atoms with Gasteiger partial charge in [0, 0.05) is 10.3 Å². The summed E-state index contributed by atoms with van der Waals surface area (Å²) in [5, 5.41) is 0.0983. The maximum atomic E-state index is 13.4. The molecule has 0 spiro atoms. The number of H-pyrrole nitrogens is 1. The summed E-state index contributed by atoms with van der Waals surface area (Å²) in [6.45, 7) is 5.91. The fourth-order valence-corrected chi connectivity index (χ4v) is 6.83. The van der Waals surface area contributed by atoms with Gasteiger partial charge in [0.15, 0.2) is 0 Å². The summed E-state index contributed by atoms with van der Waals surface area (Å²) in [6, 6.07) is 6.28. The first-order valence-electron chi connectivity index (χ1n) is 9.37. The lowest BCUT2D eigenvalue weighted by Crippen LogP contribution is -2.43. The summed E-state index contributed by atoms with van der Waals surface area (Å²) in [5.74, 6) is -1.57. The van der Waals surface area contributed by atoms with Gasteiger partial charge in [-0.05, 0) is 37.6 Å². The number of imide groups is 1. The predicted molar refractivity (Wildman–Crippen MR) is 111 cm³/mol. The summed E-state index contributed by atoms with van der Waals surface area (Å²) < 4.78 is 4.97. The number of ether oxygens (including phenoxy) is 1. The van der Waals surface area contributed by atoms with Crippen molar-refractivity contribution >= 4 is 46.6 Å². The molecule has 0 unspecified atom stereocenters. The van der Waals surface area contributed by atoms with Crippen LogP contribution in [0.5, 0.6) is 0 Å². The van der Waals surface area contributed by atoms with Gasteiger partial charge < -0.3 is 9.72 Å². The Kier molecular flexibility index (Phi) is 4.90. The van der Waals surface area contributed by atoms with Crippen LogP contribution in [0.2, 0.25) is 0 Å². The number of hydrogen-bond donors (Lipinski definition) is 1. The number of anilines is 1. The number of nitrogens with one attached hydrogen (secondary N) is 1. The van der Waals surface area contributed by atoms with Crippen LogP contribution in [0.15, 0.2) is 34.1 Å². The van der Waals surface area contributed by atoms with E-state index in [-0.39, 0.29) is 23.3 Å². The lowest BCUT2D eigenvalue weighted by atomic mass is 9.72. The van der Waals surface area contributed by atoms with Crippen LogP contribution in [0.1, 0.15) is 42.4 Å². The first kappa shape index (κ1) is 19.9. The molecule has 3 atom stereocenters. The minimum atomic E-state index is -0.596. The number of thioether (sulfide) groups is 1. The Morgan fingerprint density at radius 2 is 1.86 bits per heavy atom. The van der Waals surface area contributed by atoms with Gasteiger partial charge in [-0.3, -0.25) is 14.4 Å². The smallest absolute Gasteiger partial charge is 0.338 e. The van der Waals surface area contributed by atoms with Crippen LogP contribution in [0.4, 0.5) is 5.69 Å². The van der Waals surface area contributed by atoms with Gasteiger partial charge in [-0.15, -0.1) is 0 Å². The van der Waals surface area contributed by atoms with Gasteiger partial charge in [0.1, 0.15) is 5.25 Å². The zero-order chi connectivity index (χ0) is 20.9. The molecule has 1 aromatic carbocycles. The molecule has 2 amide bonds. The Balaban J connectivity index is 1.71. The Bertz CT molecular complexity index is 1060. The monoisotopic (exact) mass is 432 g/mol. The van der Waals surface area contributed by atoms with E-state index < -0.39 is 22.6 Å². The molecule has 9 heteroatoms. The topological polar surface area (TPSA) is 96.5 Å². The number of aromatic nitrogens is 1. The number of carbonyl (C=O) groups excluding carboxylic acids is 3. The standard InChI is InChI=1S/C20H20N2O5S2/c1-4-20(3)12-13(28-15-14(20)29-19(26)21-15)17(24)22(16(12)23)11-8-6-10(7-9-11)18(25)27-5-2/h6-9,12-13H,4-5H2,1-3H3,(H,21,26)/t12-,13+,20+/m0/s1. The van der Waals surface area contributed by atoms with E-state index in [0.717, 1.165) is 16.2 Å². The van der Waals surface area contributed by atoms with Crippen molar-refractivity contribution in [2.24, 2.45) is 5.92 Å². The number of aromatic amines is 1. The molecule has 1 aromatic heterocycles. The van der Waals surface area contributed by atoms with Gasteiger partial charge in [0.2, 0.25) is 11.8 Å². The number of fused-ring (bicyclic) bond motifs is 2. The number of amides is 2. The van der Waals surface area contributed by atoms with Gasteiger partial charge in [0.05, 0.1) is 28.8 Å². The molecular weight excluding hydrogens is 412 g/mol. The second-order valence-corrected chi connectivity index (χ2v) is 9.37. The highest BCUT2D eigenvalue weighted by Gasteiger charge is 2.60. The van der Waals surface area contributed by atoms with Crippen molar-refractivity contribution < 1.29 is 19.1 Å². The van der Waals surface area contributed by atoms with Crippen LogP contribution >= 0.6 is 23.1 Å². The highest BCUT2D eigenvalue weighted by Crippen LogP contribution is 2.55. The third kappa shape index (κ3) is 2.95. The molecule has 3 heterocycles. The van der Waals surface area contributed by atoms with Gasteiger partial charge in [-0.25, -0.2) is 9.69 Å². The van der Waals surface area contributed by atoms with E-state index in [2.05, 4.69) is 4.98 Å². The second kappa shape index (κ2) is 7.14. The highest BCUT2D eigenvalue weighted by molar-refractivity contribution is 8.00. The molecule has 2 aliphatic rings. The van der Waals surface area contributed by atoms with E-state index >= 15 is 0 Å². The van der Waals surface area contributed by atoms with Crippen LogP contribution in [0, 0.1) is 5.92 Å². The van der Waals surface area contributed by atoms with E-state index in [9.17, 15) is 19.2 Å². The Hall–Kier alpha value is -2.39. The number of rotatable bonds is 4. The normalized spacial score (nSPS) is 25.7. The molecule has 0 aliphatic carbocycles. The van der Waals surface area contributed by atoms with Crippen molar-refractivity contribution in [3.63, 3.8) is 0 Å². The van der Waals surface area contributed by atoms with Crippen molar-refractivity contribution in [2.45, 2.75) is 42.9 Å². The van der Waals surface area contributed by atoms with Gasteiger partial charge in [0.25, 0.3) is 0 Å². The van der Waals surface area contributed by atoms with Gasteiger partial charge in [-0.1, -0.05) is 36.9 Å². The number of nitrogens with zero attached hydrogens (tertiary/aromatic N) is 1. The zero-order valence-electron chi connectivity index (χ0n) is 16.2. The number of benzene rings is 1. The average molecular weight is 433 g/mol. The largest absolute Gasteiger partial charge is 0.462 e. The fraction of sp³-hybridized carbons (Fsp3) is 0.400. The SMILES string of the molecule is CCOC(=O)c1ccc(N2C(=O)[C@@H]3[C@@H](Sc4[nH]c(=O)sc4[C@]3(C)CC)C2=O)cc1. The molecular formula is C20H20N2O5S2. The maximum Gasteiger partial charge on any atom is 0.338 e. The first-order chi connectivity index (χ1) is 13.8. The molecule has 152 valence electrons. The molecule has 2 aromatic rings. The molecule has 7 nitrogen and oxygen atoms in total. The van der Waals surface area contributed by atoms with Crippen molar-refractivity contribution in [1.82, 2.24) is 4.98 Å². The average Bonchev–Trinajstić information content (AvgIpc) is 3.20. The third-order valence-electron chi connectivity index (χ3n) is 5.69. The van der Waals surface area contributed by atoms with Crippen LogP contribution in [-0.4, -0.2) is 34.6 Å².